The molecule has 2 unspecified atom stereocenters. The Balaban J connectivity index is 2.80. The summed E-state index contributed by atoms with van der Waals surface area (Å²) >= 11 is 0. The molecule has 0 bridgehead atoms. The average molecular weight is 306 g/mol. The van der Waals surface area contributed by atoms with Crippen molar-refractivity contribution < 1.29 is 23.1 Å². The number of carbonyl (C=O) groups excluding carboxylic acids is 1. The minimum Gasteiger partial charge on any atom is -0.480 e. The van der Waals surface area contributed by atoms with E-state index in [-0.39, 0.29) is 0 Å². The minimum absolute atomic E-state index is 0.308. The summed E-state index contributed by atoms with van der Waals surface area (Å²) < 4.78 is 24.5. The molecule has 1 aliphatic heterocycles. The molecule has 116 valence electrons. The quantitative estimate of drug-likeness (QED) is 0.728. The molecule has 1 saturated heterocycles. The van der Waals surface area contributed by atoms with E-state index in [1.165, 1.54) is 0 Å². The number of hydrogen-bond acceptors (Lipinski definition) is 4. The van der Waals surface area contributed by atoms with Crippen molar-refractivity contribution in [1.82, 2.24) is 9.62 Å². The largest absolute Gasteiger partial charge is 0.480 e. The van der Waals surface area contributed by atoms with Crippen molar-refractivity contribution >= 4 is 21.9 Å². The fraction of sp³-hybridized carbons (Fsp3) is 0.833. The van der Waals surface area contributed by atoms with Gasteiger partial charge < -0.3 is 10.4 Å². The number of carbonyl (C=O) groups is 2. The molecule has 0 aliphatic carbocycles. The van der Waals surface area contributed by atoms with Gasteiger partial charge in [0.2, 0.25) is 15.9 Å². The molecular weight excluding hydrogens is 284 g/mol. The van der Waals surface area contributed by atoms with Crippen molar-refractivity contribution in [2.45, 2.75) is 51.1 Å². The van der Waals surface area contributed by atoms with Crippen molar-refractivity contribution in [3.63, 3.8) is 0 Å². The second-order valence-corrected chi connectivity index (χ2v) is 7.01. The molecule has 0 spiro atoms. The first kappa shape index (κ1) is 16.9. The van der Waals surface area contributed by atoms with E-state index in [1.807, 2.05) is 6.92 Å². The highest BCUT2D eigenvalue weighted by molar-refractivity contribution is 7.88. The molecule has 0 radical (unpaired) electrons. The molecule has 1 heterocycles. The molecular formula is C12H22N2O5S. The Kier molecular flexibility index (Phi) is 5.94. The summed E-state index contributed by atoms with van der Waals surface area (Å²) in [5.41, 5.74) is 0. The summed E-state index contributed by atoms with van der Waals surface area (Å²) in [4.78, 5) is 23.2. The molecule has 1 fully saturated rings. The first-order chi connectivity index (χ1) is 9.27. The van der Waals surface area contributed by atoms with Gasteiger partial charge in [-0.05, 0) is 19.3 Å². The topological polar surface area (TPSA) is 104 Å². The van der Waals surface area contributed by atoms with Crippen LogP contribution in [0.2, 0.25) is 0 Å². The van der Waals surface area contributed by atoms with Crippen molar-refractivity contribution in [3.05, 3.63) is 0 Å². The third kappa shape index (κ3) is 4.45. The third-order valence-corrected chi connectivity index (χ3v) is 4.66. The van der Waals surface area contributed by atoms with Crippen molar-refractivity contribution in [2.75, 3.05) is 12.8 Å². The van der Waals surface area contributed by atoms with Gasteiger partial charge in [-0.2, -0.15) is 4.31 Å². The number of sulfonamides is 1. The Hall–Kier alpha value is -1.15. The summed E-state index contributed by atoms with van der Waals surface area (Å²) in [6.45, 7) is 2.13. The molecule has 0 aromatic heterocycles. The summed E-state index contributed by atoms with van der Waals surface area (Å²) in [6.07, 6.45) is 3.92. The summed E-state index contributed by atoms with van der Waals surface area (Å²) in [7, 11) is -3.46. The lowest BCUT2D eigenvalue weighted by atomic mass is 10.0. The number of carboxylic acid groups (broad SMARTS) is 1. The standard InChI is InChI=1S/C12H22N2O5S/c1-3-6-9(12(16)17)13-11(15)10-7-4-5-8-14(10)20(2,18)19/h9-10H,3-8H2,1-2H3,(H,13,15)(H,16,17). The molecule has 1 rings (SSSR count). The number of carboxylic acids is 1. The molecule has 1 aliphatic rings. The van der Waals surface area contributed by atoms with Crippen molar-refractivity contribution in [2.24, 2.45) is 0 Å². The van der Waals surface area contributed by atoms with E-state index in [1.54, 1.807) is 0 Å². The lowest BCUT2D eigenvalue weighted by Crippen LogP contribution is -2.54. The molecule has 2 N–H and O–H groups in total. The molecule has 0 aromatic rings. The van der Waals surface area contributed by atoms with Gasteiger partial charge in [0, 0.05) is 6.54 Å². The Morgan fingerprint density at radius 2 is 2.05 bits per heavy atom. The monoisotopic (exact) mass is 306 g/mol. The van der Waals surface area contributed by atoms with Crippen LogP contribution in [-0.2, 0) is 19.6 Å². The van der Waals surface area contributed by atoms with E-state index >= 15 is 0 Å². The zero-order valence-corrected chi connectivity index (χ0v) is 12.6. The average Bonchev–Trinajstić information content (AvgIpc) is 2.37. The molecule has 0 saturated carbocycles. The highest BCUT2D eigenvalue weighted by Gasteiger charge is 2.35. The maximum absolute atomic E-state index is 12.2. The van der Waals surface area contributed by atoms with Gasteiger partial charge in [-0.3, -0.25) is 4.79 Å². The van der Waals surface area contributed by atoms with E-state index in [0.717, 1.165) is 17.0 Å². The van der Waals surface area contributed by atoms with E-state index in [2.05, 4.69) is 5.32 Å². The number of nitrogens with zero attached hydrogens (tertiary/aromatic N) is 1. The molecule has 8 heteroatoms. The van der Waals surface area contributed by atoms with Gasteiger partial charge in [-0.1, -0.05) is 19.8 Å². The van der Waals surface area contributed by atoms with Crippen LogP contribution in [0.4, 0.5) is 0 Å². The van der Waals surface area contributed by atoms with Crippen molar-refractivity contribution in [1.29, 1.82) is 0 Å². The highest BCUT2D eigenvalue weighted by atomic mass is 32.2. The molecule has 1 amide bonds. The van der Waals surface area contributed by atoms with Gasteiger partial charge in [0.05, 0.1) is 6.26 Å². The summed E-state index contributed by atoms with van der Waals surface area (Å²) in [5, 5.41) is 11.5. The fourth-order valence-corrected chi connectivity index (χ4v) is 3.50. The predicted octanol–water partition coefficient (Wildman–Crippen LogP) is 0.170. The Bertz CT molecular complexity index is 462. The van der Waals surface area contributed by atoms with Crippen LogP contribution in [0.25, 0.3) is 0 Å². The number of aliphatic carboxylic acids is 1. The van der Waals surface area contributed by atoms with Gasteiger partial charge in [0.1, 0.15) is 12.1 Å². The summed E-state index contributed by atoms with van der Waals surface area (Å²) in [6, 6.07) is -1.76. The Morgan fingerprint density at radius 1 is 1.40 bits per heavy atom. The van der Waals surface area contributed by atoms with E-state index in [9.17, 15) is 18.0 Å². The number of nitrogens with one attached hydrogen (secondary N) is 1. The highest BCUT2D eigenvalue weighted by Crippen LogP contribution is 2.20. The minimum atomic E-state index is -3.46. The van der Waals surface area contributed by atoms with Crippen LogP contribution in [0.1, 0.15) is 39.0 Å². The number of rotatable bonds is 6. The first-order valence-electron chi connectivity index (χ1n) is 6.77. The normalized spacial score (nSPS) is 22.2. The zero-order valence-electron chi connectivity index (χ0n) is 11.8. The molecule has 2 atom stereocenters. The SMILES string of the molecule is CCCC(NC(=O)C1CCCCN1S(C)(=O)=O)C(=O)O. The van der Waals surface area contributed by atoms with Crippen LogP contribution >= 0.6 is 0 Å². The second-order valence-electron chi connectivity index (χ2n) is 5.07. The third-order valence-electron chi connectivity index (χ3n) is 3.37. The summed E-state index contributed by atoms with van der Waals surface area (Å²) in [5.74, 6) is -1.61. The van der Waals surface area contributed by atoms with E-state index in [0.29, 0.717) is 32.2 Å². The Labute approximate surface area is 119 Å². The van der Waals surface area contributed by atoms with Gasteiger partial charge in [0.25, 0.3) is 0 Å². The smallest absolute Gasteiger partial charge is 0.326 e. The predicted molar refractivity (Wildman–Crippen MR) is 73.7 cm³/mol. The van der Waals surface area contributed by atoms with Crippen LogP contribution in [0.3, 0.4) is 0 Å². The van der Waals surface area contributed by atoms with E-state index < -0.39 is 34.0 Å². The maximum atomic E-state index is 12.2. The second kappa shape index (κ2) is 7.03. The zero-order chi connectivity index (χ0) is 15.3. The van der Waals surface area contributed by atoms with Crippen LogP contribution in [0.15, 0.2) is 0 Å². The van der Waals surface area contributed by atoms with Crippen molar-refractivity contribution in [3.8, 4) is 0 Å². The number of hydrogen-bond donors (Lipinski definition) is 2. The fourth-order valence-electron chi connectivity index (χ4n) is 2.38. The molecule has 20 heavy (non-hydrogen) atoms. The lowest BCUT2D eigenvalue weighted by Gasteiger charge is -2.33. The van der Waals surface area contributed by atoms with Gasteiger partial charge >= 0.3 is 5.97 Å². The maximum Gasteiger partial charge on any atom is 0.326 e. The van der Waals surface area contributed by atoms with Crippen LogP contribution in [0, 0.1) is 0 Å². The van der Waals surface area contributed by atoms with Gasteiger partial charge in [0.15, 0.2) is 0 Å². The van der Waals surface area contributed by atoms with Gasteiger partial charge in [-0.15, -0.1) is 0 Å². The number of amides is 1. The lowest BCUT2D eigenvalue weighted by molar-refractivity contribution is -0.142. The number of piperidine rings is 1. The molecule has 7 nitrogen and oxygen atoms in total. The van der Waals surface area contributed by atoms with E-state index in [4.69, 9.17) is 5.11 Å². The molecule has 0 aromatic carbocycles. The van der Waals surface area contributed by atoms with Gasteiger partial charge in [-0.25, -0.2) is 13.2 Å². The Morgan fingerprint density at radius 3 is 2.55 bits per heavy atom. The van der Waals surface area contributed by atoms with Crippen LogP contribution in [0.5, 0.6) is 0 Å². The first-order valence-corrected chi connectivity index (χ1v) is 8.62. The van der Waals surface area contributed by atoms with Crippen LogP contribution in [-0.4, -0.2) is 54.6 Å². The van der Waals surface area contributed by atoms with Crippen LogP contribution < -0.4 is 5.32 Å².